The highest BCUT2D eigenvalue weighted by atomic mass is 16.7. The third-order valence-electron chi connectivity index (χ3n) is 5.52. The van der Waals surface area contributed by atoms with Gasteiger partial charge in [-0.1, -0.05) is 19.3 Å². The van der Waals surface area contributed by atoms with E-state index in [0.29, 0.717) is 6.04 Å². The molecule has 2 N–H and O–H groups in total. The largest absolute Gasteiger partial charge is 0.347 e. The predicted octanol–water partition coefficient (Wildman–Crippen LogP) is 2.12. The minimum atomic E-state index is -0.318. The molecule has 4 heteroatoms. The van der Waals surface area contributed by atoms with E-state index in [0.717, 1.165) is 38.4 Å². The molecule has 0 aromatic carbocycles. The molecule has 2 atom stereocenters. The summed E-state index contributed by atoms with van der Waals surface area (Å²) in [4.78, 5) is 2.49. The van der Waals surface area contributed by atoms with Crippen molar-refractivity contribution in [3.63, 3.8) is 0 Å². The molecule has 1 spiro atoms. The summed E-state index contributed by atoms with van der Waals surface area (Å²) in [6.45, 7) is 2.68. The van der Waals surface area contributed by atoms with Gasteiger partial charge in [0.1, 0.15) is 0 Å². The fourth-order valence-electron chi connectivity index (χ4n) is 4.31. The Balaban J connectivity index is 1.58. The van der Waals surface area contributed by atoms with Crippen molar-refractivity contribution in [3.8, 4) is 0 Å². The van der Waals surface area contributed by atoms with Gasteiger partial charge in [0.2, 0.25) is 0 Å². The number of hydrogen-bond donors (Lipinski definition) is 1. The van der Waals surface area contributed by atoms with Crippen LogP contribution in [-0.4, -0.2) is 49.6 Å². The summed E-state index contributed by atoms with van der Waals surface area (Å²) in [6, 6.07) is 0.672. The molecule has 2 aliphatic carbocycles. The summed E-state index contributed by atoms with van der Waals surface area (Å²) in [7, 11) is 2.24. The lowest BCUT2D eigenvalue weighted by atomic mass is 9.83. The molecular weight excluding hydrogens is 252 g/mol. The van der Waals surface area contributed by atoms with Crippen LogP contribution in [0.2, 0.25) is 0 Å². The number of hydrogen-bond acceptors (Lipinski definition) is 4. The van der Waals surface area contributed by atoms with Crippen molar-refractivity contribution in [1.82, 2.24) is 4.90 Å². The number of likely N-dealkylation sites (N-methyl/N-ethyl adjacent to an activating group) is 1. The van der Waals surface area contributed by atoms with Gasteiger partial charge in [0.15, 0.2) is 5.79 Å². The zero-order valence-electron chi connectivity index (χ0n) is 12.9. The van der Waals surface area contributed by atoms with Crippen LogP contribution < -0.4 is 5.73 Å². The summed E-state index contributed by atoms with van der Waals surface area (Å²) in [5.74, 6) is 0.547. The van der Waals surface area contributed by atoms with E-state index in [1.54, 1.807) is 0 Å². The molecule has 116 valence electrons. The topological polar surface area (TPSA) is 47.7 Å². The molecule has 3 rings (SSSR count). The van der Waals surface area contributed by atoms with Gasteiger partial charge in [-0.3, -0.25) is 0 Å². The maximum atomic E-state index is 6.38. The van der Waals surface area contributed by atoms with Gasteiger partial charge in [0.25, 0.3) is 0 Å². The lowest BCUT2D eigenvalue weighted by molar-refractivity contribution is -0.191. The molecular formula is C16H30N2O2. The predicted molar refractivity (Wildman–Crippen MR) is 79.5 cm³/mol. The van der Waals surface area contributed by atoms with Crippen molar-refractivity contribution >= 4 is 0 Å². The molecule has 0 aromatic rings. The van der Waals surface area contributed by atoms with Crippen LogP contribution in [0.25, 0.3) is 0 Å². The Morgan fingerprint density at radius 2 is 1.80 bits per heavy atom. The average molecular weight is 282 g/mol. The van der Waals surface area contributed by atoms with Crippen molar-refractivity contribution in [1.29, 1.82) is 0 Å². The van der Waals surface area contributed by atoms with Gasteiger partial charge >= 0.3 is 0 Å². The number of nitrogens with zero attached hydrogens (tertiary/aromatic N) is 1. The first kappa shape index (κ1) is 14.8. The molecule has 3 fully saturated rings. The molecule has 0 aromatic heterocycles. The van der Waals surface area contributed by atoms with E-state index in [9.17, 15) is 0 Å². The van der Waals surface area contributed by atoms with Gasteiger partial charge in [-0.05, 0) is 32.2 Å². The Hall–Kier alpha value is -0.160. The van der Waals surface area contributed by atoms with Gasteiger partial charge in [-0.25, -0.2) is 0 Å². The second-order valence-electron chi connectivity index (χ2n) is 7.03. The minimum absolute atomic E-state index is 0.266. The number of nitrogens with two attached hydrogens (primary N) is 1. The minimum Gasteiger partial charge on any atom is -0.347 e. The molecule has 1 heterocycles. The van der Waals surface area contributed by atoms with E-state index in [1.807, 2.05) is 0 Å². The summed E-state index contributed by atoms with van der Waals surface area (Å²) in [5.41, 5.74) is 6.38. The molecule has 0 bridgehead atoms. The zero-order chi connectivity index (χ0) is 14.0. The molecule has 0 radical (unpaired) electrons. The molecule has 2 saturated carbocycles. The third kappa shape index (κ3) is 3.19. The summed E-state index contributed by atoms with van der Waals surface area (Å²) in [6.07, 6.45) is 9.94. The summed E-state index contributed by atoms with van der Waals surface area (Å²) >= 11 is 0. The summed E-state index contributed by atoms with van der Waals surface area (Å²) in [5, 5.41) is 0. The monoisotopic (exact) mass is 282 g/mol. The van der Waals surface area contributed by atoms with Crippen molar-refractivity contribution in [3.05, 3.63) is 0 Å². The first-order chi connectivity index (χ1) is 9.69. The first-order valence-electron chi connectivity index (χ1n) is 8.42. The SMILES string of the molecule is CN(CC1CCCCC1)C1CC2(CCC1N)OCCO2. The van der Waals surface area contributed by atoms with E-state index in [2.05, 4.69) is 11.9 Å². The van der Waals surface area contributed by atoms with E-state index < -0.39 is 0 Å². The van der Waals surface area contributed by atoms with E-state index >= 15 is 0 Å². The lowest BCUT2D eigenvalue weighted by Gasteiger charge is -2.44. The van der Waals surface area contributed by atoms with Crippen molar-refractivity contribution in [2.75, 3.05) is 26.8 Å². The molecule has 2 unspecified atom stereocenters. The average Bonchev–Trinajstić information content (AvgIpc) is 2.91. The van der Waals surface area contributed by atoms with Crippen LogP contribution in [0.15, 0.2) is 0 Å². The lowest BCUT2D eigenvalue weighted by Crippen LogP contribution is -2.56. The molecule has 1 aliphatic heterocycles. The summed E-state index contributed by atoms with van der Waals surface area (Å²) < 4.78 is 11.8. The highest BCUT2D eigenvalue weighted by molar-refractivity contribution is 4.94. The fourth-order valence-corrected chi connectivity index (χ4v) is 4.31. The van der Waals surface area contributed by atoms with Gasteiger partial charge in [-0.2, -0.15) is 0 Å². The maximum absolute atomic E-state index is 6.38. The first-order valence-corrected chi connectivity index (χ1v) is 8.42. The van der Waals surface area contributed by atoms with Crippen molar-refractivity contribution < 1.29 is 9.47 Å². The highest BCUT2D eigenvalue weighted by Crippen LogP contribution is 2.37. The van der Waals surface area contributed by atoms with Crippen LogP contribution in [0.3, 0.4) is 0 Å². The number of ether oxygens (including phenoxy) is 2. The van der Waals surface area contributed by atoms with Gasteiger partial charge in [-0.15, -0.1) is 0 Å². The second kappa shape index (κ2) is 6.30. The second-order valence-corrected chi connectivity index (χ2v) is 7.03. The van der Waals surface area contributed by atoms with Crippen molar-refractivity contribution in [2.45, 2.75) is 69.2 Å². The van der Waals surface area contributed by atoms with Gasteiger partial charge in [0.05, 0.1) is 13.2 Å². The molecule has 0 amide bonds. The van der Waals surface area contributed by atoms with Gasteiger partial charge < -0.3 is 20.1 Å². The van der Waals surface area contributed by atoms with Crippen LogP contribution in [0.5, 0.6) is 0 Å². The van der Waals surface area contributed by atoms with Crippen LogP contribution in [-0.2, 0) is 9.47 Å². The normalized spacial score (nSPS) is 35.0. The Labute approximate surface area is 123 Å². The quantitative estimate of drug-likeness (QED) is 0.861. The van der Waals surface area contributed by atoms with E-state index in [1.165, 1.54) is 38.6 Å². The Bertz CT molecular complexity index is 312. The van der Waals surface area contributed by atoms with Crippen LogP contribution in [0.4, 0.5) is 0 Å². The van der Waals surface area contributed by atoms with Crippen LogP contribution >= 0.6 is 0 Å². The fraction of sp³-hybridized carbons (Fsp3) is 1.00. The Morgan fingerprint density at radius 1 is 1.10 bits per heavy atom. The Morgan fingerprint density at radius 3 is 2.50 bits per heavy atom. The molecule has 20 heavy (non-hydrogen) atoms. The van der Waals surface area contributed by atoms with E-state index in [4.69, 9.17) is 15.2 Å². The van der Waals surface area contributed by atoms with Crippen LogP contribution in [0.1, 0.15) is 51.4 Å². The third-order valence-corrected chi connectivity index (χ3v) is 5.52. The zero-order valence-corrected chi connectivity index (χ0v) is 12.9. The maximum Gasteiger partial charge on any atom is 0.170 e. The standard InChI is InChI=1S/C16H30N2O2/c1-18(12-13-5-3-2-4-6-13)15-11-16(8-7-14(15)17)19-9-10-20-16/h13-15H,2-12,17H2,1H3. The van der Waals surface area contributed by atoms with Gasteiger partial charge in [0, 0.05) is 31.5 Å². The smallest absolute Gasteiger partial charge is 0.170 e. The van der Waals surface area contributed by atoms with E-state index in [-0.39, 0.29) is 11.8 Å². The van der Waals surface area contributed by atoms with Crippen molar-refractivity contribution in [2.24, 2.45) is 11.7 Å². The molecule has 4 nitrogen and oxygen atoms in total. The molecule has 1 saturated heterocycles. The highest BCUT2D eigenvalue weighted by Gasteiger charge is 2.45. The van der Waals surface area contributed by atoms with Crippen LogP contribution in [0, 0.1) is 5.92 Å². The Kier molecular flexibility index (Phi) is 4.65. The molecule has 3 aliphatic rings. The number of rotatable bonds is 3.